The molecule has 27 heavy (non-hydrogen) atoms. The summed E-state index contributed by atoms with van der Waals surface area (Å²) >= 11 is 0. The third-order valence-electron chi connectivity index (χ3n) is 8.08. The molecule has 0 saturated heterocycles. The zero-order valence-electron chi connectivity index (χ0n) is 17.7. The average Bonchev–Trinajstić information content (AvgIpc) is 2.74. The third kappa shape index (κ3) is 4.44. The van der Waals surface area contributed by atoms with Crippen LogP contribution in [0.25, 0.3) is 0 Å². The highest BCUT2D eigenvalue weighted by Gasteiger charge is 2.41. The predicted octanol–water partition coefficient (Wildman–Crippen LogP) is 6.68. The minimum atomic E-state index is 0.642. The largest absolute Gasteiger partial charge is 0.309 e. The normalized spacial score (nSPS) is 38.2. The number of nitrogens with one attached hydrogen (secondary N) is 1. The van der Waals surface area contributed by atoms with E-state index in [-0.39, 0.29) is 0 Å². The van der Waals surface area contributed by atoms with E-state index in [0.717, 1.165) is 30.2 Å². The van der Waals surface area contributed by atoms with Crippen molar-refractivity contribution in [1.82, 2.24) is 5.32 Å². The van der Waals surface area contributed by atoms with Crippen LogP contribution in [-0.4, -0.2) is 12.6 Å². The van der Waals surface area contributed by atoms with E-state index in [9.17, 15) is 0 Å². The van der Waals surface area contributed by atoms with Crippen LogP contribution in [0.3, 0.4) is 0 Å². The van der Waals surface area contributed by atoms with Crippen molar-refractivity contribution in [2.75, 3.05) is 6.54 Å². The summed E-state index contributed by atoms with van der Waals surface area (Å²) in [6.07, 6.45) is 27.1. The fourth-order valence-corrected chi connectivity index (χ4v) is 6.50. The molecule has 0 aromatic heterocycles. The summed E-state index contributed by atoms with van der Waals surface area (Å²) in [5.41, 5.74) is 1.64. The van der Waals surface area contributed by atoms with Crippen LogP contribution in [0.5, 0.6) is 0 Å². The lowest BCUT2D eigenvalue weighted by atomic mass is 9.63. The second-order valence-corrected chi connectivity index (χ2v) is 10.0. The molecule has 1 nitrogen and oxygen atoms in total. The van der Waals surface area contributed by atoms with Crippen molar-refractivity contribution in [2.24, 2.45) is 35.5 Å². The van der Waals surface area contributed by atoms with Gasteiger partial charge in [-0.15, -0.1) is 0 Å². The van der Waals surface area contributed by atoms with Gasteiger partial charge in [0.2, 0.25) is 0 Å². The molecule has 1 aliphatic heterocycles. The average molecular weight is 368 g/mol. The lowest BCUT2D eigenvalue weighted by molar-refractivity contribution is 0.128. The van der Waals surface area contributed by atoms with Crippen LogP contribution in [0.1, 0.15) is 78.1 Å². The van der Waals surface area contributed by atoms with E-state index in [4.69, 9.17) is 0 Å². The number of hydrogen-bond donors (Lipinski definition) is 1. The van der Waals surface area contributed by atoms with Gasteiger partial charge in [-0.2, -0.15) is 0 Å². The van der Waals surface area contributed by atoms with Gasteiger partial charge in [-0.25, -0.2) is 0 Å². The van der Waals surface area contributed by atoms with E-state index < -0.39 is 0 Å². The molecule has 1 saturated carbocycles. The van der Waals surface area contributed by atoms with Crippen molar-refractivity contribution in [2.45, 2.75) is 84.1 Å². The monoisotopic (exact) mass is 367 g/mol. The first kappa shape index (κ1) is 19.5. The summed E-state index contributed by atoms with van der Waals surface area (Å²) in [6, 6.07) is 0.642. The standard InChI is InChI=1S/C26H41N/c1-19(2)22-17-25(21-13-7-4-8-14-21)26(27-18-22)24-16-10-9-15-23(24)20-11-5-3-6-12-20/h7,10,13,16-17,19-21,23-27H,3-6,8-9,11-12,14-15,18H2,1-2H3. The van der Waals surface area contributed by atoms with Crippen molar-refractivity contribution < 1.29 is 0 Å². The molecule has 1 fully saturated rings. The molecule has 1 heterocycles. The molecular weight excluding hydrogens is 326 g/mol. The van der Waals surface area contributed by atoms with E-state index in [0.29, 0.717) is 17.9 Å². The van der Waals surface area contributed by atoms with E-state index >= 15 is 0 Å². The molecule has 0 radical (unpaired) electrons. The molecule has 0 bridgehead atoms. The fraction of sp³-hybridized carbons (Fsp3) is 0.769. The summed E-state index contributed by atoms with van der Waals surface area (Å²) < 4.78 is 0. The van der Waals surface area contributed by atoms with Crippen LogP contribution in [0.4, 0.5) is 0 Å². The van der Waals surface area contributed by atoms with Crippen molar-refractivity contribution in [3.8, 4) is 0 Å². The molecule has 1 heteroatoms. The van der Waals surface area contributed by atoms with Gasteiger partial charge in [0.1, 0.15) is 0 Å². The first-order valence-electron chi connectivity index (χ1n) is 12.0. The van der Waals surface area contributed by atoms with Crippen molar-refractivity contribution in [3.05, 3.63) is 36.0 Å². The van der Waals surface area contributed by atoms with Crippen LogP contribution in [0.15, 0.2) is 36.0 Å². The van der Waals surface area contributed by atoms with Gasteiger partial charge in [0.05, 0.1) is 0 Å². The Bertz CT molecular complexity index is 563. The van der Waals surface area contributed by atoms with E-state index in [2.05, 4.69) is 49.5 Å². The van der Waals surface area contributed by atoms with Gasteiger partial charge in [0, 0.05) is 12.6 Å². The van der Waals surface area contributed by atoms with E-state index in [1.807, 2.05) is 0 Å². The molecule has 4 aliphatic rings. The summed E-state index contributed by atoms with van der Waals surface area (Å²) in [5.74, 6) is 4.74. The number of rotatable bonds is 4. The lowest BCUT2D eigenvalue weighted by Crippen LogP contribution is -2.51. The Balaban J connectivity index is 1.60. The zero-order valence-corrected chi connectivity index (χ0v) is 17.7. The molecule has 5 atom stereocenters. The van der Waals surface area contributed by atoms with Crippen LogP contribution in [-0.2, 0) is 0 Å². The minimum absolute atomic E-state index is 0.642. The summed E-state index contributed by atoms with van der Waals surface area (Å²) in [4.78, 5) is 0. The first-order valence-corrected chi connectivity index (χ1v) is 12.0. The smallest absolute Gasteiger partial charge is 0.0204 e. The lowest BCUT2D eigenvalue weighted by Gasteiger charge is -2.46. The van der Waals surface area contributed by atoms with E-state index in [1.165, 1.54) is 64.2 Å². The zero-order chi connectivity index (χ0) is 18.6. The van der Waals surface area contributed by atoms with Gasteiger partial charge in [-0.3, -0.25) is 0 Å². The van der Waals surface area contributed by atoms with Gasteiger partial charge in [-0.1, -0.05) is 81.9 Å². The Hall–Kier alpha value is -0.820. The summed E-state index contributed by atoms with van der Waals surface area (Å²) in [6.45, 7) is 5.84. The minimum Gasteiger partial charge on any atom is -0.309 e. The maximum Gasteiger partial charge on any atom is 0.0204 e. The van der Waals surface area contributed by atoms with Crippen LogP contribution < -0.4 is 5.32 Å². The molecule has 0 amide bonds. The van der Waals surface area contributed by atoms with Crippen LogP contribution in [0.2, 0.25) is 0 Å². The molecular formula is C26H41N. The first-order chi connectivity index (χ1) is 13.2. The topological polar surface area (TPSA) is 12.0 Å². The van der Waals surface area contributed by atoms with Crippen LogP contribution in [0, 0.1) is 35.5 Å². The Kier molecular flexibility index (Phi) is 6.58. The fourth-order valence-electron chi connectivity index (χ4n) is 6.50. The maximum atomic E-state index is 4.08. The highest BCUT2D eigenvalue weighted by Crippen LogP contribution is 2.44. The van der Waals surface area contributed by atoms with Gasteiger partial charge in [0.15, 0.2) is 0 Å². The quantitative estimate of drug-likeness (QED) is 0.547. The second-order valence-electron chi connectivity index (χ2n) is 10.0. The van der Waals surface area contributed by atoms with Crippen molar-refractivity contribution in [3.63, 3.8) is 0 Å². The molecule has 150 valence electrons. The van der Waals surface area contributed by atoms with E-state index in [1.54, 1.807) is 5.57 Å². The Morgan fingerprint density at radius 1 is 0.852 bits per heavy atom. The molecule has 4 rings (SSSR count). The van der Waals surface area contributed by atoms with Crippen LogP contribution >= 0.6 is 0 Å². The van der Waals surface area contributed by atoms with Gasteiger partial charge in [0.25, 0.3) is 0 Å². The van der Waals surface area contributed by atoms with Gasteiger partial charge >= 0.3 is 0 Å². The summed E-state index contributed by atoms with van der Waals surface area (Å²) in [5, 5.41) is 4.08. The van der Waals surface area contributed by atoms with Gasteiger partial charge in [-0.05, 0) is 67.6 Å². The molecule has 0 aromatic rings. The predicted molar refractivity (Wildman–Crippen MR) is 117 cm³/mol. The highest BCUT2D eigenvalue weighted by atomic mass is 14.9. The Morgan fingerprint density at radius 3 is 2.41 bits per heavy atom. The van der Waals surface area contributed by atoms with Gasteiger partial charge < -0.3 is 5.32 Å². The Labute approximate surface area is 167 Å². The number of hydrogen-bond acceptors (Lipinski definition) is 1. The third-order valence-corrected chi connectivity index (χ3v) is 8.08. The van der Waals surface area contributed by atoms with Crippen molar-refractivity contribution >= 4 is 0 Å². The highest BCUT2D eigenvalue weighted by molar-refractivity contribution is 5.21. The molecule has 0 spiro atoms. The molecule has 3 aliphatic carbocycles. The maximum absolute atomic E-state index is 4.08. The second kappa shape index (κ2) is 9.12. The molecule has 0 aromatic carbocycles. The number of allylic oxidation sites excluding steroid dienone is 3. The Morgan fingerprint density at radius 2 is 1.67 bits per heavy atom. The molecule has 5 unspecified atom stereocenters. The van der Waals surface area contributed by atoms with Crippen molar-refractivity contribution in [1.29, 1.82) is 0 Å². The summed E-state index contributed by atoms with van der Waals surface area (Å²) in [7, 11) is 0. The molecule has 1 N–H and O–H groups in total. The SMILES string of the molecule is CC(C)C1=CC(C2C=CCCC2)C(C2C=CCCC2C2CCCCC2)NC1.